The van der Waals surface area contributed by atoms with Crippen LogP contribution in [0.15, 0.2) is 52.0 Å². The Kier molecular flexibility index (Phi) is 7.98. The number of aromatic carboxylic acids is 1. The summed E-state index contributed by atoms with van der Waals surface area (Å²) < 4.78 is 0. The molecule has 5 rings (SSSR count). The third-order valence-electron chi connectivity index (χ3n) is 7.59. The minimum atomic E-state index is -0.864. The van der Waals surface area contributed by atoms with Crippen LogP contribution in [0.1, 0.15) is 54.3 Å². The lowest BCUT2D eigenvalue weighted by Gasteiger charge is -2.35. The van der Waals surface area contributed by atoms with Crippen LogP contribution in [-0.4, -0.2) is 54.0 Å². The highest BCUT2D eigenvalue weighted by molar-refractivity contribution is 8.02. The van der Waals surface area contributed by atoms with Gasteiger partial charge in [-0.3, -0.25) is 9.79 Å². The number of hydrogen-bond acceptors (Lipinski definition) is 6. The summed E-state index contributed by atoms with van der Waals surface area (Å²) in [6, 6.07) is 9.67. The first kappa shape index (κ1) is 25.9. The molecule has 0 radical (unpaired) electrons. The SMILES string of the molecule is CC1CCC(C2=C(c3cc(-c4ccc(NC(=O)C5=CSCC=N5)cc4)sc3C(=O)O)CCN(C)C2)CC1. The van der Waals surface area contributed by atoms with Gasteiger partial charge in [0.25, 0.3) is 5.91 Å². The Labute approximate surface area is 226 Å². The summed E-state index contributed by atoms with van der Waals surface area (Å²) in [6.45, 7) is 4.20. The van der Waals surface area contributed by atoms with Gasteiger partial charge >= 0.3 is 5.97 Å². The van der Waals surface area contributed by atoms with E-state index in [1.807, 2.05) is 24.3 Å². The van der Waals surface area contributed by atoms with Crippen LogP contribution in [0, 0.1) is 11.8 Å². The summed E-state index contributed by atoms with van der Waals surface area (Å²) in [6.07, 6.45) is 7.50. The zero-order valence-corrected chi connectivity index (χ0v) is 23.0. The topological polar surface area (TPSA) is 82.0 Å². The van der Waals surface area contributed by atoms with Crippen molar-refractivity contribution >= 4 is 52.5 Å². The largest absolute Gasteiger partial charge is 0.477 e. The summed E-state index contributed by atoms with van der Waals surface area (Å²) in [7, 11) is 2.16. The standard InChI is InChI=1S/C29H33N3O3S2/c1-18-3-5-19(6-4-18)24-16-32(2)13-11-22(24)23-15-26(37-27(23)29(34)35)20-7-9-21(10-8-20)31-28(33)25-17-36-14-12-30-25/h7-10,12,15,17-19H,3-6,11,13-14,16H2,1-2H3,(H,31,33)(H,34,35). The van der Waals surface area contributed by atoms with Gasteiger partial charge in [-0.2, -0.15) is 0 Å². The van der Waals surface area contributed by atoms with Crippen molar-refractivity contribution < 1.29 is 14.7 Å². The molecule has 1 fully saturated rings. The average molecular weight is 536 g/mol. The number of carboxylic acid groups (broad SMARTS) is 1. The van der Waals surface area contributed by atoms with E-state index >= 15 is 0 Å². The molecule has 0 saturated heterocycles. The van der Waals surface area contributed by atoms with E-state index in [0.717, 1.165) is 47.2 Å². The minimum absolute atomic E-state index is 0.235. The second-order valence-corrected chi connectivity index (χ2v) is 12.2. The Balaban J connectivity index is 1.43. The number of carboxylic acids is 1. The van der Waals surface area contributed by atoms with Crippen molar-refractivity contribution in [3.05, 3.63) is 57.5 Å². The third-order valence-corrected chi connectivity index (χ3v) is 9.49. The van der Waals surface area contributed by atoms with Gasteiger partial charge in [-0.15, -0.1) is 23.1 Å². The molecule has 0 spiro atoms. The van der Waals surface area contributed by atoms with E-state index in [-0.39, 0.29) is 5.91 Å². The molecule has 1 aliphatic carbocycles. The number of nitrogens with one attached hydrogen (secondary N) is 1. The van der Waals surface area contributed by atoms with E-state index in [1.54, 1.807) is 23.4 Å². The summed E-state index contributed by atoms with van der Waals surface area (Å²) in [4.78, 5) is 32.7. The van der Waals surface area contributed by atoms with Gasteiger partial charge < -0.3 is 15.3 Å². The molecular weight excluding hydrogens is 502 g/mol. The monoisotopic (exact) mass is 535 g/mol. The Morgan fingerprint density at radius 2 is 1.89 bits per heavy atom. The van der Waals surface area contributed by atoms with Crippen molar-refractivity contribution in [3.63, 3.8) is 0 Å². The third kappa shape index (κ3) is 5.92. The Hall–Kier alpha value is -2.68. The molecule has 194 valence electrons. The fourth-order valence-corrected chi connectivity index (χ4v) is 7.11. The summed E-state index contributed by atoms with van der Waals surface area (Å²) in [5.41, 5.74) is 5.63. The summed E-state index contributed by atoms with van der Waals surface area (Å²) in [5.74, 6) is 1.01. The molecule has 1 aromatic carbocycles. The fraction of sp³-hybridized carbons (Fsp3) is 0.414. The van der Waals surface area contributed by atoms with E-state index in [4.69, 9.17) is 0 Å². The molecule has 2 aliphatic heterocycles. The van der Waals surface area contributed by atoms with Crippen molar-refractivity contribution in [3.8, 4) is 10.4 Å². The molecule has 3 aliphatic rings. The molecule has 1 amide bonds. The van der Waals surface area contributed by atoms with Crippen molar-refractivity contribution in [2.45, 2.75) is 39.0 Å². The lowest BCUT2D eigenvalue weighted by molar-refractivity contribution is -0.112. The van der Waals surface area contributed by atoms with Gasteiger partial charge in [0.15, 0.2) is 0 Å². The van der Waals surface area contributed by atoms with Gasteiger partial charge in [0.1, 0.15) is 10.6 Å². The van der Waals surface area contributed by atoms with E-state index in [0.29, 0.717) is 22.2 Å². The van der Waals surface area contributed by atoms with Gasteiger partial charge in [0.05, 0.1) is 0 Å². The van der Waals surface area contributed by atoms with Crippen LogP contribution >= 0.6 is 23.1 Å². The number of aliphatic imine (C=N–C) groups is 1. The number of amides is 1. The molecule has 2 aromatic rings. The number of rotatable bonds is 6. The zero-order valence-electron chi connectivity index (χ0n) is 21.3. The Morgan fingerprint density at radius 1 is 1.14 bits per heavy atom. The zero-order chi connectivity index (χ0) is 25.9. The smallest absolute Gasteiger partial charge is 0.346 e. The van der Waals surface area contributed by atoms with E-state index in [9.17, 15) is 14.7 Å². The van der Waals surface area contributed by atoms with E-state index in [1.165, 1.54) is 48.2 Å². The first-order valence-electron chi connectivity index (χ1n) is 12.9. The number of carbonyl (C=O) groups excluding carboxylic acids is 1. The van der Waals surface area contributed by atoms with Crippen LogP contribution in [0.5, 0.6) is 0 Å². The summed E-state index contributed by atoms with van der Waals surface area (Å²) >= 11 is 2.88. The summed E-state index contributed by atoms with van der Waals surface area (Å²) in [5, 5.41) is 14.8. The van der Waals surface area contributed by atoms with Crippen molar-refractivity contribution in [1.82, 2.24) is 4.90 Å². The maximum absolute atomic E-state index is 12.4. The Morgan fingerprint density at radius 3 is 2.57 bits per heavy atom. The van der Waals surface area contributed by atoms with Crippen LogP contribution < -0.4 is 5.32 Å². The second kappa shape index (κ2) is 11.4. The molecule has 8 heteroatoms. The first-order valence-corrected chi connectivity index (χ1v) is 14.8. The number of thiophene rings is 1. The highest BCUT2D eigenvalue weighted by atomic mass is 32.2. The highest BCUT2D eigenvalue weighted by Crippen LogP contribution is 2.43. The number of nitrogens with zero attached hydrogens (tertiary/aromatic N) is 2. The molecule has 37 heavy (non-hydrogen) atoms. The molecule has 0 bridgehead atoms. The molecule has 0 unspecified atom stereocenters. The quantitative estimate of drug-likeness (QED) is 0.434. The lowest BCUT2D eigenvalue weighted by atomic mass is 9.75. The molecule has 6 nitrogen and oxygen atoms in total. The fourth-order valence-electron chi connectivity index (χ4n) is 5.50. The first-order chi connectivity index (χ1) is 17.9. The minimum Gasteiger partial charge on any atom is -0.477 e. The molecule has 1 saturated carbocycles. The van der Waals surface area contributed by atoms with Crippen LogP contribution in [0.3, 0.4) is 0 Å². The van der Waals surface area contributed by atoms with Crippen molar-refractivity contribution in [2.75, 3.05) is 31.2 Å². The van der Waals surface area contributed by atoms with Crippen LogP contribution in [0.4, 0.5) is 5.69 Å². The number of benzene rings is 1. The number of thioether (sulfide) groups is 1. The predicted molar refractivity (Wildman–Crippen MR) is 155 cm³/mol. The predicted octanol–water partition coefficient (Wildman–Crippen LogP) is 6.63. The number of likely N-dealkylation sites (N-methyl/N-ethyl adjacent to an activating group) is 1. The molecule has 0 atom stereocenters. The van der Waals surface area contributed by atoms with Crippen molar-refractivity contribution in [1.29, 1.82) is 0 Å². The maximum Gasteiger partial charge on any atom is 0.346 e. The van der Waals surface area contributed by atoms with Crippen LogP contribution in [0.25, 0.3) is 16.0 Å². The Bertz CT molecular complexity index is 1270. The van der Waals surface area contributed by atoms with Crippen molar-refractivity contribution in [2.24, 2.45) is 16.8 Å². The molecule has 1 aromatic heterocycles. The van der Waals surface area contributed by atoms with E-state index < -0.39 is 5.97 Å². The molecule has 2 N–H and O–H groups in total. The van der Waals surface area contributed by atoms with Gasteiger partial charge in [0, 0.05) is 46.6 Å². The average Bonchev–Trinajstić information content (AvgIpc) is 3.36. The van der Waals surface area contributed by atoms with Gasteiger partial charge in [-0.1, -0.05) is 31.9 Å². The van der Waals surface area contributed by atoms with Crippen LogP contribution in [-0.2, 0) is 4.79 Å². The van der Waals surface area contributed by atoms with Crippen LogP contribution in [0.2, 0.25) is 0 Å². The van der Waals surface area contributed by atoms with E-state index in [2.05, 4.69) is 35.2 Å². The van der Waals surface area contributed by atoms with Gasteiger partial charge in [-0.25, -0.2) is 4.79 Å². The van der Waals surface area contributed by atoms with Gasteiger partial charge in [-0.05, 0) is 73.1 Å². The molecule has 3 heterocycles. The lowest BCUT2D eigenvalue weighted by Crippen LogP contribution is -2.31. The number of carbonyl (C=O) groups is 2. The second-order valence-electron chi connectivity index (χ2n) is 10.3. The number of anilines is 1. The van der Waals surface area contributed by atoms with Gasteiger partial charge in [0.2, 0.25) is 0 Å². The highest BCUT2D eigenvalue weighted by Gasteiger charge is 2.30. The normalized spacial score (nSPS) is 22.6. The number of hydrogen-bond donors (Lipinski definition) is 2. The molecular formula is C29H33N3O3S2. The maximum atomic E-state index is 12.4.